The van der Waals surface area contributed by atoms with E-state index in [0.29, 0.717) is 19.3 Å². The van der Waals surface area contributed by atoms with Gasteiger partial charge in [-0.25, -0.2) is 0 Å². The number of ketones is 2. The Bertz CT molecular complexity index is 1420. The number of rotatable bonds is 47. The smallest absolute Gasteiger partial charge is 0.480 e. The van der Waals surface area contributed by atoms with Crippen molar-refractivity contribution in [3.63, 3.8) is 0 Å². The third kappa shape index (κ3) is 29.0. The number of nitrogens with two attached hydrogens (primary N) is 2. The van der Waals surface area contributed by atoms with E-state index in [4.69, 9.17) is 25.8 Å². The van der Waals surface area contributed by atoms with Gasteiger partial charge in [0.15, 0.2) is 17.3 Å². The molecule has 0 aliphatic heterocycles. The number of carbonyl (C=O) groups is 6. The van der Waals surface area contributed by atoms with E-state index in [1.807, 2.05) is 0 Å². The van der Waals surface area contributed by atoms with Crippen molar-refractivity contribution in [3.05, 3.63) is 0 Å². The number of aliphatic hydroxyl groups is 2. The molecule has 0 fully saturated rings. The number of amides is 3. The molecule has 67 heavy (non-hydrogen) atoms. The average Bonchev–Trinajstić information content (AvgIpc) is 3.28. The van der Waals surface area contributed by atoms with Gasteiger partial charge in [-0.1, -0.05) is 168 Å². The van der Waals surface area contributed by atoms with Crippen molar-refractivity contribution in [1.29, 1.82) is 0 Å². The second-order valence-electron chi connectivity index (χ2n) is 18.3. The van der Waals surface area contributed by atoms with Crippen molar-refractivity contribution < 1.29 is 62.8 Å². The summed E-state index contributed by atoms with van der Waals surface area (Å²) < 4.78 is 22.1. The number of carbonyl (C=O) groups excluding carboxylic acids is 5. The molecule has 390 valence electrons. The highest BCUT2D eigenvalue weighted by Crippen LogP contribution is 2.31. The van der Waals surface area contributed by atoms with Crippen LogP contribution in [0, 0.1) is 0 Å². The van der Waals surface area contributed by atoms with Crippen molar-refractivity contribution in [2.24, 2.45) is 11.5 Å². The van der Waals surface area contributed by atoms with Crippen LogP contribution < -0.4 is 27.4 Å². The minimum Gasteiger partial charge on any atom is -0.480 e. The number of nitrogens with one attached hydrogen (secondary N) is 3. The highest BCUT2D eigenvalue weighted by molar-refractivity contribution is 7.32. The topological polar surface area (TPSA) is 307 Å². The van der Waals surface area contributed by atoms with Crippen LogP contribution in [0.5, 0.6) is 0 Å². The predicted octanol–water partition coefficient (Wildman–Crippen LogP) is 6.44. The first kappa shape index (κ1) is 64.0. The van der Waals surface area contributed by atoms with Crippen molar-refractivity contribution >= 4 is 43.5 Å². The van der Waals surface area contributed by atoms with Crippen LogP contribution in [0.4, 0.5) is 0 Å². The van der Waals surface area contributed by atoms with E-state index >= 15 is 0 Å². The molecule has 11 N–H and O–H groups in total. The molecule has 0 aromatic rings. The van der Waals surface area contributed by atoms with Crippen molar-refractivity contribution in [1.82, 2.24) is 16.0 Å². The second-order valence-corrected chi connectivity index (χ2v) is 19.0. The number of carboxylic acid groups (broad SMARTS) is 1. The first-order valence-electron chi connectivity index (χ1n) is 25.4. The van der Waals surface area contributed by atoms with E-state index in [2.05, 4.69) is 29.8 Å². The molecule has 7 atom stereocenters. The summed E-state index contributed by atoms with van der Waals surface area (Å²) in [6.07, 6.45) is 22.9. The first-order chi connectivity index (χ1) is 31.9. The number of ether oxygens (including phenoxy) is 1. The van der Waals surface area contributed by atoms with Crippen LogP contribution >= 0.6 is 8.25 Å². The standard InChI is InChI=1S/C48H90N5O13P/c1-5-7-9-11-13-15-17-19-21-23-25-27-29-31-40(55)48(41(56)36-54,66-47(4,50)46(62)53-39(44(49)59)32-33-42(57)52-37(3)45(60)61)43(58)38(51-34-35-65-67(63)64)30-28-26-24-22-20-18-16-14-12-10-8-6-2/h37-39,41,51,54,56H,5-36,50H2,1-4H3,(H5-,49,52,53,57,59,60,61,62,63,64)/p+1/t37-,38?,39+,41-,47+,48-/m0/s1. The number of carboxylic acids is 1. The molecule has 0 saturated carbocycles. The number of aliphatic hydroxyl groups excluding tert-OH is 2. The molecule has 0 spiro atoms. The lowest BCUT2D eigenvalue weighted by atomic mass is 9.79. The van der Waals surface area contributed by atoms with E-state index < -0.39 is 92.1 Å². The summed E-state index contributed by atoms with van der Waals surface area (Å²) in [5.41, 5.74) is 6.41. The Morgan fingerprint density at radius 3 is 1.54 bits per heavy atom. The van der Waals surface area contributed by atoms with Gasteiger partial charge in [0, 0.05) is 24.0 Å². The van der Waals surface area contributed by atoms with Crippen LogP contribution in [0.2, 0.25) is 0 Å². The van der Waals surface area contributed by atoms with Crippen LogP contribution in [0.1, 0.15) is 214 Å². The lowest BCUT2D eigenvalue weighted by Crippen LogP contribution is -2.70. The van der Waals surface area contributed by atoms with Gasteiger partial charge in [-0.15, -0.1) is 9.42 Å². The number of hydrogen-bond donors (Lipinski definition) is 9. The lowest BCUT2D eigenvalue weighted by Gasteiger charge is -2.42. The zero-order chi connectivity index (χ0) is 50.5. The molecule has 0 aromatic carbocycles. The number of hydrogen-bond acceptors (Lipinski definition) is 13. The minimum absolute atomic E-state index is 0.122. The van der Waals surface area contributed by atoms with Crippen molar-refractivity contribution in [2.45, 2.75) is 249 Å². The Morgan fingerprint density at radius 1 is 0.672 bits per heavy atom. The highest BCUT2D eigenvalue weighted by Gasteiger charge is 2.58. The molecule has 0 saturated heterocycles. The van der Waals surface area contributed by atoms with Crippen LogP contribution in [-0.4, -0.2) is 111 Å². The zero-order valence-electron chi connectivity index (χ0n) is 41.5. The SMILES string of the molecule is CCCCCCCCCCCCCCCC(=O)[C@@](O[C@@](C)(N)C(=O)N[C@H](CCC(=O)N[C@@H](C)C(=O)O)C(N)=O)(C(=O)C(CCCCCCCCCCCCCC)NCCO[P+](=O)O)[C@@H](O)CO. The maximum atomic E-state index is 15.0. The molecule has 0 aliphatic carbocycles. The summed E-state index contributed by atoms with van der Waals surface area (Å²) in [4.78, 5) is 88.6. The van der Waals surface area contributed by atoms with Gasteiger partial charge >= 0.3 is 14.2 Å². The second kappa shape index (κ2) is 38.8. The fraction of sp³-hybridized carbons (Fsp3) is 0.875. The lowest BCUT2D eigenvalue weighted by molar-refractivity contribution is -0.207. The van der Waals surface area contributed by atoms with E-state index in [9.17, 15) is 48.4 Å². The summed E-state index contributed by atoms with van der Waals surface area (Å²) in [5, 5.41) is 38.6. The summed E-state index contributed by atoms with van der Waals surface area (Å²) >= 11 is 0. The van der Waals surface area contributed by atoms with Gasteiger partial charge < -0.3 is 41.7 Å². The third-order valence-electron chi connectivity index (χ3n) is 12.2. The quantitative estimate of drug-likeness (QED) is 0.0137. The molecule has 19 heteroatoms. The minimum atomic E-state index is -2.96. The van der Waals surface area contributed by atoms with Crippen LogP contribution in [0.3, 0.4) is 0 Å². The summed E-state index contributed by atoms with van der Waals surface area (Å²) in [5.74, 6) is -6.34. The van der Waals surface area contributed by atoms with Gasteiger partial charge in [-0.3, -0.25) is 34.5 Å². The van der Waals surface area contributed by atoms with Crippen LogP contribution in [0.25, 0.3) is 0 Å². The predicted molar refractivity (Wildman–Crippen MR) is 259 cm³/mol. The molecule has 0 heterocycles. The van der Waals surface area contributed by atoms with Gasteiger partial charge in [0.1, 0.15) is 24.8 Å². The molecule has 18 nitrogen and oxygen atoms in total. The molecular formula is C48H91N5O13P+. The highest BCUT2D eigenvalue weighted by atomic mass is 31.1. The Hall–Kier alpha value is -2.96. The first-order valence-corrected chi connectivity index (χ1v) is 26.5. The molecule has 0 aliphatic rings. The van der Waals surface area contributed by atoms with E-state index in [1.165, 1.54) is 84.0 Å². The van der Waals surface area contributed by atoms with Gasteiger partial charge in [-0.05, 0) is 33.1 Å². The fourth-order valence-electron chi connectivity index (χ4n) is 8.03. The third-order valence-corrected chi connectivity index (χ3v) is 12.6. The molecule has 3 amide bonds. The zero-order valence-corrected chi connectivity index (χ0v) is 42.4. The van der Waals surface area contributed by atoms with Gasteiger partial charge in [-0.2, -0.15) is 0 Å². The summed E-state index contributed by atoms with van der Waals surface area (Å²) in [7, 11) is -2.96. The number of unbranched alkanes of at least 4 members (excludes halogenated alkanes) is 23. The molecule has 0 aromatic heterocycles. The maximum Gasteiger partial charge on any atom is 0.694 e. The van der Waals surface area contributed by atoms with Crippen molar-refractivity contribution in [3.8, 4) is 0 Å². The normalized spacial score (nSPS) is 15.4. The van der Waals surface area contributed by atoms with E-state index in [-0.39, 0.29) is 32.4 Å². The number of aliphatic carboxylic acids is 1. The Kier molecular flexibility index (Phi) is 37.1. The van der Waals surface area contributed by atoms with Crippen LogP contribution in [0.15, 0.2) is 0 Å². The molecule has 0 radical (unpaired) electrons. The Morgan fingerprint density at radius 2 is 1.12 bits per heavy atom. The van der Waals surface area contributed by atoms with Crippen LogP contribution in [-0.2, 0) is 42.6 Å². The maximum absolute atomic E-state index is 15.0. The van der Waals surface area contributed by atoms with E-state index in [0.717, 1.165) is 71.1 Å². The Balaban J connectivity index is 6.37. The van der Waals surface area contributed by atoms with Gasteiger partial charge in [0.25, 0.3) is 5.91 Å². The summed E-state index contributed by atoms with van der Waals surface area (Å²) in [6.45, 7) is 5.06. The van der Waals surface area contributed by atoms with E-state index in [1.54, 1.807) is 0 Å². The Labute approximate surface area is 401 Å². The molecule has 2 unspecified atom stereocenters. The summed E-state index contributed by atoms with van der Waals surface area (Å²) in [6, 6.07) is -4.03. The largest absolute Gasteiger partial charge is 0.694 e. The molecular weight excluding hydrogens is 886 g/mol. The fourth-order valence-corrected chi connectivity index (χ4v) is 8.28. The number of Topliss-reactive ketones (excluding diaryl/α,β-unsaturated/α-hetero) is 2. The average molecular weight is 977 g/mol. The molecule has 0 bridgehead atoms. The number of primary amides is 1. The van der Waals surface area contributed by atoms with Gasteiger partial charge in [0.05, 0.1) is 12.6 Å². The van der Waals surface area contributed by atoms with Gasteiger partial charge in [0.2, 0.25) is 17.4 Å². The molecule has 0 rings (SSSR count). The van der Waals surface area contributed by atoms with Crippen molar-refractivity contribution in [2.75, 3.05) is 19.8 Å². The monoisotopic (exact) mass is 977 g/mol.